The molecule has 2 unspecified atom stereocenters. The van der Waals surface area contributed by atoms with Crippen molar-refractivity contribution in [3.8, 4) is 0 Å². The lowest BCUT2D eigenvalue weighted by Crippen LogP contribution is -2.31. The molecule has 0 saturated carbocycles. The van der Waals surface area contributed by atoms with Gasteiger partial charge in [0.15, 0.2) is 0 Å². The molecule has 0 spiro atoms. The Hall–Kier alpha value is -3.32. The van der Waals surface area contributed by atoms with Crippen molar-refractivity contribution in [2.45, 2.75) is 86.1 Å². The number of nitrogens with one attached hydrogen (secondary N) is 3. The smallest absolute Gasteiger partial charge is 0.240 e. The van der Waals surface area contributed by atoms with Crippen LogP contribution in [-0.2, 0) is 71.1 Å². The fraction of sp³-hybridized carbons (Fsp3) is 0.544. The summed E-state index contributed by atoms with van der Waals surface area (Å²) in [5.41, 5.74) is 5.73. The lowest BCUT2D eigenvalue weighted by molar-refractivity contribution is -0.121. The fourth-order valence-electron chi connectivity index (χ4n) is 9.61. The molecule has 23 heteroatoms. The monoisotopic (exact) mass is 1230 g/mol. The van der Waals surface area contributed by atoms with E-state index in [2.05, 4.69) is 24.6 Å². The summed E-state index contributed by atoms with van der Waals surface area (Å²) >= 11 is 25.7. The molecule has 442 valence electrons. The summed E-state index contributed by atoms with van der Waals surface area (Å²) in [5, 5.41) is 5.16. The standard InChI is InChI=1S/C57H77Cl4N5O12S2/c1-65-38-51(49-34-44(58)36-55(60)53(49)40-65)42-10-7-14-47(32-42)79(69,70)63-18-22-75-26-30-77-28-24-73-20-9-13-46(67)12-5-3-4-6-16-57(68)62-17-21-74-25-29-78-31-27-76-23-19-64-80(71,72)48-15-8-11-43(33-48)52-39-66(2)41-54-50(52)35-45(59)37-56(54)61/h7-8,10-11,14-15,32-37,51-52,63-64H,3-6,9,12-13,16-31,38-41H2,1-2H3,(H,62,68). The Kier molecular flexibility index (Phi) is 28.4. The first-order valence-electron chi connectivity index (χ1n) is 27.3. The minimum absolute atomic E-state index is 0.0334. The third-order valence-electron chi connectivity index (χ3n) is 13.6. The molecule has 0 radical (unpaired) electrons. The highest BCUT2D eigenvalue weighted by Gasteiger charge is 2.30. The average Bonchev–Trinajstić information content (AvgIpc) is 3.48. The van der Waals surface area contributed by atoms with Gasteiger partial charge in [-0.1, -0.05) is 83.5 Å². The van der Waals surface area contributed by atoms with Crippen LogP contribution in [0.5, 0.6) is 0 Å². The van der Waals surface area contributed by atoms with Crippen LogP contribution in [-0.4, -0.2) is 164 Å². The second kappa shape index (κ2) is 34.5. The van der Waals surface area contributed by atoms with Crippen molar-refractivity contribution in [1.29, 1.82) is 0 Å². The van der Waals surface area contributed by atoms with E-state index in [0.717, 1.165) is 59.1 Å². The Morgan fingerprint density at radius 1 is 0.500 bits per heavy atom. The third-order valence-corrected chi connectivity index (χ3v) is 17.6. The largest absolute Gasteiger partial charge is 0.379 e. The SMILES string of the molecule is CN1Cc2c(Cl)cc(Cl)cc2C(c2cccc(S(=O)(=O)NCCOCCOCCOCCCC(=O)CCCCCCC(=O)NCCOCCOCCOCCNS(=O)(=O)c3cccc(C4CN(C)Cc5c(Cl)cc(Cl)cc54)c3)c2)C1. The molecule has 2 aliphatic rings. The molecular weight excluding hydrogens is 1150 g/mol. The van der Waals surface area contributed by atoms with Crippen LogP contribution in [0, 0.1) is 0 Å². The molecule has 2 aliphatic heterocycles. The number of Topliss-reactive ketones (excluding diaryl/α,β-unsaturated/α-hetero) is 1. The van der Waals surface area contributed by atoms with E-state index in [-0.39, 0.29) is 59.6 Å². The molecule has 0 bridgehead atoms. The summed E-state index contributed by atoms with van der Waals surface area (Å²) in [4.78, 5) is 29.2. The van der Waals surface area contributed by atoms with Crippen molar-refractivity contribution in [2.24, 2.45) is 0 Å². The van der Waals surface area contributed by atoms with Gasteiger partial charge in [-0.25, -0.2) is 26.3 Å². The van der Waals surface area contributed by atoms with Crippen molar-refractivity contribution < 1.29 is 54.8 Å². The van der Waals surface area contributed by atoms with E-state index in [0.29, 0.717) is 145 Å². The molecule has 3 N–H and O–H groups in total. The van der Waals surface area contributed by atoms with E-state index in [1.165, 1.54) is 0 Å². The predicted octanol–water partition coefficient (Wildman–Crippen LogP) is 8.62. The fourth-order valence-corrected chi connectivity index (χ4v) is 12.9. The van der Waals surface area contributed by atoms with Gasteiger partial charge in [0.1, 0.15) is 5.78 Å². The zero-order valence-electron chi connectivity index (χ0n) is 45.8. The molecular formula is C57H77Cl4N5O12S2. The second-order valence-electron chi connectivity index (χ2n) is 19.9. The van der Waals surface area contributed by atoms with Gasteiger partial charge in [0.2, 0.25) is 26.0 Å². The van der Waals surface area contributed by atoms with E-state index in [1.807, 2.05) is 38.4 Å². The summed E-state index contributed by atoms with van der Waals surface area (Å²) < 4.78 is 91.1. The number of nitrogens with zero attached hydrogens (tertiary/aromatic N) is 2. The first kappa shape index (κ1) is 65.8. The van der Waals surface area contributed by atoms with Gasteiger partial charge in [-0.3, -0.25) is 9.59 Å². The topological polar surface area (TPSA) is 200 Å². The van der Waals surface area contributed by atoms with Crippen LogP contribution in [0.1, 0.15) is 96.6 Å². The Balaban J connectivity index is 0.667. The molecule has 4 aromatic rings. The second-order valence-corrected chi connectivity index (χ2v) is 25.2. The van der Waals surface area contributed by atoms with Gasteiger partial charge < -0.3 is 43.5 Å². The molecule has 0 aromatic heterocycles. The Morgan fingerprint density at radius 2 is 0.900 bits per heavy atom. The number of carbonyl (C=O) groups excluding carboxylic acids is 2. The maximum Gasteiger partial charge on any atom is 0.240 e. The first-order chi connectivity index (χ1) is 38.5. The van der Waals surface area contributed by atoms with E-state index in [4.69, 9.17) is 74.8 Å². The van der Waals surface area contributed by atoms with Gasteiger partial charge in [0.25, 0.3) is 0 Å². The molecule has 1 amide bonds. The van der Waals surface area contributed by atoms with Gasteiger partial charge in [0, 0.05) is 104 Å². The molecule has 6 rings (SSSR count). The third kappa shape index (κ3) is 22.0. The number of amides is 1. The van der Waals surface area contributed by atoms with Gasteiger partial charge >= 0.3 is 0 Å². The van der Waals surface area contributed by atoms with Crippen molar-refractivity contribution in [1.82, 2.24) is 24.6 Å². The summed E-state index contributed by atoms with van der Waals surface area (Å²) in [6.45, 7) is 7.32. The van der Waals surface area contributed by atoms with E-state index >= 15 is 0 Å². The number of rotatable bonds is 38. The van der Waals surface area contributed by atoms with Crippen molar-refractivity contribution in [3.63, 3.8) is 0 Å². The maximum atomic E-state index is 13.1. The van der Waals surface area contributed by atoms with Crippen LogP contribution in [0.4, 0.5) is 0 Å². The van der Waals surface area contributed by atoms with Crippen LogP contribution in [0.2, 0.25) is 20.1 Å². The van der Waals surface area contributed by atoms with E-state index in [1.54, 1.807) is 48.5 Å². The molecule has 17 nitrogen and oxygen atoms in total. The molecule has 80 heavy (non-hydrogen) atoms. The number of sulfonamides is 2. The van der Waals surface area contributed by atoms with Crippen molar-refractivity contribution in [2.75, 3.05) is 126 Å². The Bertz CT molecular complexity index is 2650. The number of ether oxygens (including phenoxy) is 6. The van der Waals surface area contributed by atoms with Gasteiger partial charge in [-0.2, -0.15) is 0 Å². The van der Waals surface area contributed by atoms with Crippen LogP contribution >= 0.6 is 46.4 Å². The Labute approximate surface area is 493 Å². The minimum atomic E-state index is -3.77. The quantitative estimate of drug-likeness (QED) is 0.0360. The van der Waals surface area contributed by atoms with E-state index < -0.39 is 20.0 Å². The first-order valence-corrected chi connectivity index (χ1v) is 31.8. The van der Waals surface area contributed by atoms with Crippen molar-refractivity contribution in [3.05, 3.63) is 126 Å². The number of fused-ring (bicyclic) bond motifs is 2. The normalized spacial score (nSPS) is 15.9. The van der Waals surface area contributed by atoms with Crippen LogP contribution in [0.25, 0.3) is 0 Å². The highest BCUT2D eigenvalue weighted by molar-refractivity contribution is 7.89. The lowest BCUT2D eigenvalue weighted by atomic mass is 9.85. The van der Waals surface area contributed by atoms with Crippen LogP contribution < -0.4 is 14.8 Å². The molecule has 2 heterocycles. The zero-order chi connectivity index (χ0) is 57.3. The molecule has 4 aromatic carbocycles. The van der Waals surface area contributed by atoms with Gasteiger partial charge in [-0.15, -0.1) is 0 Å². The number of carbonyl (C=O) groups is 2. The number of unbranched alkanes of at least 4 members (excludes halogenated alkanes) is 3. The number of hydrogen-bond acceptors (Lipinski definition) is 14. The number of ketones is 1. The number of likely N-dealkylation sites (N-methyl/N-ethyl adjacent to an activating group) is 2. The summed E-state index contributed by atoms with van der Waals surface area (Å²) in [6, 6.07) is 21.2. The predicted molar refractivity (Wildman–Crippen MR) is 312 cm³/mol. The number of benzene rings is 4. The zero-order valence-corrected chi connectivity index (χ0v) is 50.5. The average molecular weight is 1230 g/mol. The number of halogens is 4. The van der Waals surface area contributed by atoms with E-state index in [9.17, 15) is 26.4 Å². The highest BCUT2D eigenvalue weighted by atomic mass is 35.5. The minimum Gasteiger partial charge on any atom is -0.379 e. The molecule has 2 atom stereocenters. The van der Waals surface area contributed by atoms with Gasteiger partial charge in [0.05, 0.1) is 82.5 Å². The van der Waals surface area contributed by atoms with Gasteiger partial charge in [-0.05, 0) is 115 Å². The highest BCUT2D eigenvalue weighted by Crippen LogP contribution is 2.40. The molecule has 0 saturated heterocycles. The van der Waals surface area contributed by atoms with Crippen LogP contribution in [0.3, 0.4) is 0 Å². The van der Waals surface area contributed by atoms with Crippen molar-refractivity contribution >= 4 is 78.1 Å². The Morgan fingerprint density at radius 3 is 1.36 bits per heavy atom. The lowest BCUT2D eigenvalue weighted by Gasteiger charge is -2.33. The van der Waals surface area contributed by atoms with Crippen LogP contribution in [0.15, 0.2) is 82.6 Å². The summed E-state index contributed by atoms with van der Waals surface area (Å²) in [6.07, 6.45) is 5.33. The summed E-state index contributed by atoms with van der Waals surface area (Å²) in [5.74, 6) is 0.00407. The molecule has 0 fully saturated rings. The molecule has 0 aliphatic carbocycles. The number of hydrogen-bond donors (Lipinski definition) is 3. The summed E-state index contributed by atoms with van der Waals surface area (Å²) in [7, 11) is -3.53. The maximum absolute atomic E-state index is 13.1.